The number of aliphatic hydroxyl groups is 1. The molecule has 3 N–H and O–H groups in total. The molecule has 0 spiro atoms. The number of hydrogen-bond acceptors (Lipinski definition) is 3. The molecule has 0 radical (unpaired) electrons. The molecule has 0 amide bonds. The van der Waals surface area contributed by atoms with Gasteiger partial charge in [0.25, 0.3) is 0 Å². The molecule has 0 saturated heterocycles. The van der Waals surface area contributed by atoms with Crippen molar-refractivity contribution in [1.82, 2.24) is 0 Å². The van der Waals surface area contributed by atoms with Gasteiger partial charge < -0.3 is 15.2 Å². The first-order valence-electron chi connectivity index (χ1n) is 4.29. The molecule has 3 nitrogen and oxygen atoms in total. The molecule has 0 aliphatic carbocycles. The monoisotopic (exact) mass is 180 g/mol. The van der Waals surface area contributed by atoms with Gasteiger partial charge in [0.1, 0.15) is 0 Å². The lowest BCUT2D eigenvalue weighted by Gasteiger charge is -2.09. The Bertz CT molecular complexity index is 275. The molecule has 0 aliphatic heterocycles. The molecule has 0 fully saturated rings. The van der Waals surface area contributed by atoms with Gasteiger partial charge in [-0.05, 0) is 17.4 Å². The van der Waals surface area contributed by atoms with Crippen molar-refractivity contribution < 1.29 is 15.2 Å². The van der Waals surface area contributed by atoms with Crippen LogP contribution in [0, 0.1) is 0 Å². The van der Waals surface area contributed by atoms with Gasteiger partial charge in [-0.25, -0.2) is 0 Å². The van der Waals surface area contributed by atoms with E-state index in [1.54, 1.807) is 24.3 Å². The fourth-order valence-electron chi connectivity index (χ4n) is 1.16. The summed E-state index contributed by atoms with van der Waals surface area (Å²) in [5.41, 5.74) is 1.12. The number of rotatable bonds is 3. The Kier molecular flexibility index (Phi) is 3.48. The van der Waals surface area contributed by atoms with E-state index in [0.29, 0.717) is 17.4 Å². The molecule has 70 valence electrons. The molecule has 1 rings (SSSR count). The zero-order valence-electron chi connectivity index (χ0n) is 7.51. The number of hydrogen-bond donors (Lipinski definition) is 3. The molecule has 0 saturated carbocycles. The van der Waals surface area contributed by atoms with E-state index in [9.17, 15) is 5.11 Å². The normalized spacial score (nSPS) is 12.6. The van der Waals surface area contributed by atoms with Gasteiger partial charge in [0.2, 0.25) is 0 Å². The van der Waals surface area contributed by atoms with Gasteiger partial charge in [-0.2, -0.15) is 0 Å². The van der Waals surface area contributed by atoms with Gasteiger partial charge in [-0.15, -0.1) is 0 Å². The van der Waals surface area contributed by atoms with E-state index in [4.69, 9.17) is 10.0 Å². The third-order valence-electron chi connectivity index (χ3n) is 1.98. The summed E-state index contributed by atoms with van der Waals surface area (Å²) in [6, 6.07) is 6.67. The first kappa shape index (κ1) is 10.2. The summed E-state index contributed by atoms with van der Waals surface area (Å²) >= 11 is 0. The SMILES string of the molecule is CCC(O)c1cccc(B(O)O)c1. The van der Waals surface area contributed by atoms with Crippen molar-refractivity contribution >= 4 is 12.6 Å². The van der Waals surface area contributed by atoms with Gasteiger partial charge in [0.15, 0.2) is 0 Å². The number of aliphatic hydroxyl groups excluding tert-OH is 1. The van der Waals surface area contributed by atoms with Gasteiger partial charge in [-0.1, -0.05) is 31.2 Å². The van der Waals surface area contributed by atoms with Crippen LogP contribution in [0.2, 0.25) is 0 Å². The van der Waals surface area contributed by atoms with E-state index in [1.165, 1.54) is 0 Å². The van der Waals surface area contributed by atoms with Crippen molar-refractivity contribution in [3.8, 4) is 0 Å². The fourth-order valence-corrected chi connectivity index (χ4v) is 1.16. The second-order valence-corrected chi connectivity index (χ2v) is 2.97. The van der Waals surface area contributed by atoms with Crippen LogP contribution >= 0.6 is 0 Å². The smallest absolute Gasteiger partial charge is 0.423 e. The van der Waals surface area contributed by atoms with Gasteiger partial charge in [0.05, 0.1) is 6.10 Å². The summed E-state index contributed by atoms with van der Waals surface area (Å²) in [4.78, 5) is 0. The maximum Gasteiger partial charge on any atom is 0.488 e. The van der Waals surface area contributed by atoms with E-state index in [0.717, 1.165) is 0 Å². The molecule has 0 aromatic heterocycles. The van der Waals surface area contributed by atoms with E-state index in [2.05, 4.69) is 0 Å². The van der Waals surface area contributed by atoms with Crippen molar-refractivity contribution in [1.29, 1.82) is 0 Å². The van der Waals surface area contributed by atoms with Crippen LogP contribution in [0.25, 0.3) is 0 Å². The highest BCUT2D eigenvalue weighted by atomic mass is 16.4. The second-order valence-electron chi connectivity index (χ2n) is 2.97. The topological polar surface area (TPSA) is 60.7 Å². The van der Waals surface area contributed by atoms with Gasteiger partial charge >= 0.3 is 7.12 Å². The highest BCUT2D eigenvalue weighted by molar-refractivity contribution is 6.58. The van der Waals surface area contributed by atoms with E-state index in [1.807, 2.05) is 6.92 Å². The maximum absolute atomic E-state index is 9.47. The summed E-state index contributed by atoms with van der Waals surface area (Å²) in [5, 5.41) is 27.2. The first-order chi connectivity index (χ1) is 6.15. The molecule has 0 bridgehead atoms. The number of benzene rings is 1. The summed E-state index contributed by atoms with van der Waals surface area (Å²) in [6.07, 6.45) is 0.0871. The molecular weight excluding hydrogens is 167 g/mol. The van der Waals surface area contributed by atoms with Crippen LogP contribution < -0.4 is 5.46 Å². The molecule has 1 aromatic carbocycles. The van der Waals surface area contributed by atoms with Crippen molar-refractivity contribution in [3.63, 3.8) is 0 Å². The van der Waals surface area contributed by atoms with Crippen LogP contribution in [-0.2, 0) is 0 Å². The van der Waals surface area contributed by atoms with Crippen LogP contribution in [0.1, 0.15) is 25.0 Å². The molecule has 0 heterocycles. The lowest BCUT2D eigenvalue weighted by atomic mass is 9.79. The molecule has 1 atom stereocenters. The van der Waals surface area contributed by atoms with Crippen LogP contribution in [0.3, 0.4) is 0 Å². The van der Waals surface area contributed by atoms with Crippen molar-refractivity contribution in [3.05, 3.63) is 29.8 Å². The van der Waals surface area contributed by atoms with E-state index < -0.39 is 13.2 Å². The third-order valence-corrected chi connectivity index (χ3v) is 1.98. The highest BCUT2D eigenvalue weighted by Gasteiger charge is 2.12. The zero-order chi connectivity index (χ0) is 9.84. The second kappa shape index (κ2) is 4.41. The summed E-state index contributed by atoms with van der Waals surface area (Å²) in [7, 11) is -1.47. The van der Waals surface area contributed by atoms with Crippen LogP contribution in [0.5, 0.6) is 0 Å². The molecular formula is C9H13BO3. The highest BCUT2D eigenvalue weighted by Crippen LogP contribution is 2.13. The standard InChI is InChI=1S/C9H13BO3/c1-2-9(11)7-4-3-5-8(6-7)10(12)13/h3-6,9,11-13H,2H2,1H3. The molecule has 0 aliphatic rings. The Morgan fingerprint density at radius 1 is 1.38 bits per heavy atom. The Hall–Kier alpha value is -0.835. The molecule has 13 heavy (non-hydrogen) atoms. The summed E-state index contributed by atoms with van der Waals surface area (Å²) in [5.74, 6) is 0. The van der Waals surface area contributed by atoms with Crippen molar-refractivity contribution in [2.45, 2.75) is 19.4 Å². The zero-order valence-corrected chi connectivity index (χ0v) is 7.51. The van der Waals surface area contributed by atoms with Crippen LogP contribution in [0.4, 0.5) is 0 Å². The minimum absolute atomic E-state index is 0.407. The predicted octanol–water partition coefficient (Wildman–Crippen LogP) is -0.190. The largest absolute Gasteiger partial charge is 0.488 e. The molecule has 1 unspecified atom stereocenters. The predicted molar refractivity (Wildman–Crippen MR) is 51.5 cm³/mol. The summed E-state index contributed by atoms with van der Waals surface area (Å²) in [6.45, 7) is 1.87. The Morgan fingerprint density at radius 2 is 2.08 bits per heavy atom. The average Bonchev–Trinajstić information content (AvgIpc) is 2.17. The van der Waals surface area contributed by atoms with E-state index >= 15 is 0 Å². The van der Waals surface area contributed by atoms with Crippen LogP contribution in [-0.4, -0.2) is 22.3 Å². The first-order valence-corrected chi connectivity index (χ1v) is 4.29. The van der Waals surface area contributed by atoms with Gasteiger partial charge in [-0.3, -0.25) is 0 Å². The Morgan fingerprint density at radius 3 is 2.62 bits per heavy atom. The lowest BCUT2D eigenvalue weighted by Crippen LogP contribution is -2.30. The van der Waals surface area contributed by atoms with Crippen LogP contribution in [0.15, 0.2) is 24.3 Å². The van der Waals surface area contributed by atoms with Crippen molar-refractivity contribution in [2.75, 3.05) is 0 Å². The minimum atomic E-state index is -1.47. The average molecular weight is 180 g/mol. The van der Waals surface area contributed by atoms with Gasteiger partial charge in [0, 0.05) is 0 Å². The Balaban J connectivity index is 2.91. The lowest BCUT2D eigenvalue weighted by molar-refractivity contribution is 0.174. The van der Waals surface area contributed by atoms with E-state index in [-0.39, 0.29) is 0 Å². The molecule has 1 aromatic rings. The summed E-state index contributed by atoms with van der Waals surface area (Å²) < 4.78 is 0. The minimum Gasteiger partial charge on any atom is -0.423 e. The Labute approximate surface area is 77.8 Å². The molecule has 4 heteroatoms. The fraction of sp³-hybridized carbons (Fsp3) is 0.333. The third kappa shape index (κ3) is 2.55. The van der Waals surface area contributed by atoms with Crippen molar-refractivity contribution in [2.24, 2.45) is 0 Å². The maximum atomic E-state index is 9.47. The quantitative estimate of drug-likeness (QED) is 0.565.